The largest absolute Gasteiger partial charge is 0.493 e. The highest BCUT2D eigenvalue weighted by Crippen LogP contribution is 2.41. The molecule has 4 aliphatic heterocycles. The van der Waals surface area contributed by atoms with E-state index in [2.05, 4.69) is 80.1 Å². The van der Waals surface area contributed by atoms with Gasteiger partial charge in [-0.2, -0.15) is 15.8 Å². The maximum Gasteiger partial charge on any atom is 0.316 e. The van der Waals surface area contributed by atoms with Gasteiger partial charge in [0.05, 0.1) is 38.4 Å². The van der Waals surface area contributed by atoms with Gasteiger partial charge in [0.15, 0.2) is 51.3 Å². The number of rotatable bonds is 23. The van der Waals surface area contributed by atoms with Crippen molar-refractivity contribution in [1.29, 1.82) is 15.8 Å². The lowest BCUT2D eigenvalue weighted by molar-refractivity contribution is -0.825. The molecular formula is C72H59F3N22O6. The molecule has 0 spiro atoms. The van der Waals surface area contributed by atoms with Crippen LogP contribution in [0.4, 0.5) is 36.7 Å². The summed E-state index contributed by atoms with van der Waals surface area (Å²) in [7, 11) is 5.45. The summed E-state index contributed by atoms with van der Waals surface area (Å²) in [6.45, 7) is 2.47. The van der Waals surface area contributed by atoms with Gasteiger partial charge < -0.3 is 59.9 Å². The van der Waals surface area contributed by atoms with Gasteiger partial charge in [-0.15, -0.1) is 0 Å². The third-order valence-corrected chi connectivity index (χ3v) is 18.3. The first kappa shape index (κ1) is 64.5. The van der Waals surface area contributed by atoms with Crippen molar-refractivity contribution < 1.29 is 46.7 Å². The monoisotopic (exact) mass is 1380 g/mol. The molecule has 4 aliphatic rings. The smallest absolute Gasteiger partial charge is 0.316 e. The molecule has 0 aliphatic carbocycles. The number of nitrogens with one attached hydrogen (secondary N) is 5. The van der Waals surface area contributed by atoms with E-state index in [1.165, 1.54) is 43.9 Å². The minimum Gasteiger partial charge on any atom is -0.493 e. The Labute approximate surface area is 584 Å². The minimum absolute atomic E-state index is 0.00638. The summed E-state index contributed by atoms with van der Waals surface area (Å²) in [5.41, 5.74) is 18.2. The Hall–Kier alpha value is -13.2. The number of halogens is 3. The van der Waals surface area contributed by atoms with Crippen LogP contribution in [0.2, 0.25) is 0 Å². The quantitative estimate of drug-likeness (QED) is 0.0400. The Morgan fingerprint density at radius 2 is 1.10 bits per heavy atom. The van der Waals surface area contributed by atoms with Crippen molar-refractivity contribution in [3.63, 3.8) is 0 Å². The predicted octanol–water partition coefficient (Wildman–Crippen LogP) is 8.67. The predicted molar refractivity (Wildman–Crippen MR) is 367 cm³/mol. The molecule has 0 radical (unpaired) electrons. The number of nitrogens with zero attached hydrogens (tertiary/aromatic N) is 17. The maximum atomic E-state index is 16.6. The molecule has 514 valence electrons. The number of benzene rings is 5. The van der Waals surface area contributed by atoms with Crippen LogP contribution >= 0.6 is 0 Å². The molecule has 0 amide bonds. The number of imidazole rings is 3. The second-order valence-electron chi connectivity index (χ2n) is 24.6. The lowest BCUT2D eigenvalue weighted by Crippen LogP contribution is -3.09. The van der Waals surface area contributed by atoms with Crippen LogP contribution in [0.15, 0.2) is 127 Å². The number of anilines is 3. The Morgan fingerprint density at radius 1 is 0.592 bits per heavy atom. The van der Waals surface area contributed by atoms with Gasteiger partial charge in [-0.3, -0.25) is 13.2 Å². The SMILES string of the molecule is COC(COc1ncc(-c2cnc(NCc3c(F)ccc4c3CCO4)n3cc(C#N)nc23)cn1)c1cc(F)c(CNc2ncc(-c3ccc(C4=N[N-][NH+](c5cc(F)c(CNc6ncc(-c7ccc(OCCN(C)C)cc7)c7nc(C#N)cn67)c6c5OCC6)N4)cc3)c3nc(C#N)cn23)c2c1OCC2. The number of methoxy groups -OCH3 is 1. The zero-order chi connectivity index (χ0) is 70.4. The molecule has 28 nitrogen and oxygen atoms in total. The fourth-order valence-electron chi connectivity index (χ4n) is 13.1. The molecule has 103 heavy (non-hydrogen) atoms. The topological polar surface area (TPSA) is 325 Å². The standard InChI is InChI=1S/C72H59F3N22O6/c1-93(2)17-21-99-46-10-8-40(9-11-46)52-30-80-70(95-36-44(25-77)88-67(52)95)84-34-56-49-16-20-102-64(49)60(23-59(56)75)97-91-65(90-92-97)41-6-4-39(5-7-41)51-29-79-69(94-35-43(24-76)87-66(51)94)83-33-55-48-15-19-101-63(48)50(22-58(55)74)62(98-3)38-103-72-85-27-42(28-86-72)53-31-81-71(96-37-45(26-78)89-68(53)96)82-32-54-47-14-18-100-61(47)13-12-57(54)73/h4-13,22-23,27-31,35-37,62,97H,14-21,32-34,38H2,1-3H3,(H,79,83)(H,80,84)(H,81,82)(H,90,91). The number of hydrogen-bond donors (Lipinski definition) is 5. The molecule has 12 aromatic rings. The first-order chi connectivity index (χ1) is 50.4. The molecule has 0 fully saturated rings. The van der Waals surface area contributed by atoms with Crippen LogP contribution in [0.25, 0.3) is 55.9 Å². The van der Waals surface area contributed by atoms with Crippen molar-refractivity contribution >= 4 is 46.3 Å². The van der Waals surface area contributed by atoms with Crippen LogP contribution in [0.3, 0.4) is 0 Å². The van der Waals surface area contributed by atoms with E-state index in [0.717, 1.165) is 23.4 Å². The molecule has 2 atom stereocenters. The van der Waals surface area contributed by atoms with Gasteiger partial charge in [0.2, 0.25) is 17.8 Å². The van der Waals surface area contributed by atoms with E-state index < -0.39 is 17.7 Å². The molecule has 16 rings (SSSR count). The van der Waals surface area contributed by atoms with Crippen LogP contribution in [-0.4, -0.2) is 125 Å². The second-order valence-corrected chi connectivity index (χ2v) is 24.6. The molecule has 2 unspecified atom stereocenters. The molecule has 5 N–H and O–H groups in total. The Morgan fingerprint density at radius 3 is 1.66 bits per heavy atom. The van der Waals surface area contributed by atoms with Gasteiger partial charge in [-0.25, -0.2) is 63.6 Å². The third-order valence-electron chi connectivity index (χ3n) is 18.3. The lowest BCUT2D eigenvalue weighted by Gasteiger charge is -2.23. The summed E-state index contributed by atoms with van der Waals surface area (Å²) in [5.74, 6) is 2.37. The first-order valence-electron chi connectivity index (χ1n) is 32.7. The van der Waals surface area contributed by atoms with Crippen LogP contribution < -0.4 is 50.2 Å². The summed E-state index contributed by atoms with van der Waals surface area (Å²) in [6.07, 6.45) is 13.3. The fourth-order valence-corrected chi connectivity index (χ4v) is 13.1. The highest BCUT2D eigenvalue weighted by Gasteiger charge is 2.33. The summed E-state index contributed by atoms with van der Waals surface area (Å²) in [5, 5.41) is 44.2. The molecule has 5 aromatic carbocycles. The molecule has 0 bridgehead atoms. The summed E-state index contributed by atoms with van der Waals surface area (Å²) < 4.78 is 88.8. The minimum atomic E-state index is -0.807. The van der Waals surface area contributed by atoms with Crippen molar-refractivity contribution in [1.82, 2.24) is 63.4 Å². The number of likely N-dealkylation sites (N-methyl/N-ethyl adjacent to an activating group) is 1. The number of ether oxygens (including phenoxy) is 6. The van der Waals surface area contributed by atoms with Crippen molar-refractivity contribution in [3.8, 4) is 80.6 Å². The summed E-state index contributed by atoms with van der Waals surface area (Å²) in [6, 6.07) is 27.1. The van der Waals surface area contributed by atoms with Crippen LogP contribution in [0.1, 0.15) is 67.7 Å². The van der Waals surface area contributed by atoms with E-state index in [-0.39, 0.29) is 55.2 Å². The summed E-state index contributed by atoms with van der Waals surface area (Å²) >= 11 is 0. The van der Waals surface area contributed by atoms with E-state index >= 15 is 8.78 Å². The second kappa shape index (κ2) is 27.2. The van der Waals surface area contributed by atoms with E-state index in [4.69, 9.17) is 38.4 Å². The Bertz CT molecular complexity index is 5510. The maximum absolute atomic E-state index is 16.6. The van der Waals surface area contributed by atoms with E-state index in [0.29, 0.717) is 181 Å². The van der Waals surface area contributed by atoms with Crippen molar-refractivity contribution in [2.75, 3.05) is 76.7 Å². The zero-order valence-electron chi connectivity index (χ0n) is 55.3. The van der Waals surface area contributed by atoms with Gasteiger partial charge in [0.25, 0.3) is 0 Å². The van der Waals surface area contributed by atoms with Crippen LogP contribution in [-0.2, 0) is 43.6 Å². The number of amidine groups is 1. The third kappa shape index (κ3) is 12.3. The fraction of sp³-hybridized carbons (Fsp3) is 0.222. The molecule has 31 heteroatoms. The molecule has 0 saturated carbocycles. The van der Waals surface area contributed by atoms with E-state index in [1.807, 2.05) is 67.5 Å². The summed E-state index contributed by atoms with van der Waals surface area (Å²) in [4.78, 5) is 38.7. The van der Waals surface area contributed by atoms with Crippen LogP contribution in [0.5, 0.6) is 29.0 Å². The Kier molecular flexibility index (Phi) is 17.0. The number of fused-ring (bicyclic) bond motifs is 6. The van der Waals surface area contributed by atoms with Gasteiger partial charge in [0.1, 0.15) is 72.2 Å². The van der Waals surface area contributed by atoms with Crippen LogP contribution in [0, 0.1) is 51.4 Å². The van der Waals surface area contributed by atoms with Gasteiger partial charge in [0, 0.05) is 156 Å². The van der Waals surface area contributed by atoms with E-state index in [1.54, 1.807) is 50.3 Å². The highest BCUT2D eigenvalue weighted by atomic mass is 19.1. The number of hydrogen-bond acceptors (Lipinski definition) is 23. The normalized spacial score (nSPS) is 14.3. The van der Waals surface area contributed by atoms with Gasteiger partial charge in [-0.05, 0) is 55.6 Å². The van der Waals surface area contributed by atoms with Crippen molar-refractivity contribution in [2.24, 2.45) is 5.10 Å². The molecule has 0 saturated heterocycles. The zero-order valence-corrected chi connectivity index (χ0v) is 55.3. The van der Waals surface area contributed by atoms with E-state index in [9.17, 15) is 20.2 Å². The average Bonchev–Trinajstić information content (AvgIpc) is 1.56. The lowest BCUT2D eigenvalue weighted by atomic mass is 9.97. The van der Waals surface area contributed by atoms with Crippen molar-refractivity contribution in [2.45, 2.75) is 45.0 Å². The average molecular weight is 1390 g/mol. The highest BCUT2D eigenvalue weighted by molar-refractivity contribution is 5.99. The molecule has 7 aromatic heterocycles. The number of aromatic nitrogens is 11. The molecule has 11 heterocycles. The Balaban J connectivity index is 0.565. The number of quaternary nitrogens is 1. The van der Waals surface area contributed by atoms with Gasteiger partial charge in [-0.1, -0.05) is 36.4 Å². The van der Waals surface area contributed by atoms with Crippen molar-refractivity contribution in [3.05, 3.63) is 207 Å². The number of nitriles is 3. The van der Waals surface area contributed by atoms with Gasteiger partial charge >= 0.3 is 6.01 Å². The first-order valence-corrected chi connectivity index (χ1v) is 32.7. The molecular weight excluding hydrogens is 1330 g/mol.